The molecular weight excluding hydrogens is 299 g/mol. The maximum absolute atomic E-state index is 6.24. The number of aryl methyl sites for hydroxylation is 2. The highest BCUT2D eigenvalue weighted by atomic mass is 16.7. The van der Waals surface area contributed by atoms with E-state index in [2.05, 4.69) is 46.2 Å². The monoisotopic (exact) mass is 332 g/mol. The van der Waals surface area contributed by atoms with Crippen LogP contribution in [0.2, 0.25) is 0 Å². The van der Waals surface area contributed by atoms with E-state index >= 15 is 0 Å². The minimum absolute atomic E-state index is 0.305. The molecule has 2 aliphatic rings. The Hall–Kier alpha value is -0.805. The Balaban J connectivity index is 1.73. The van der Waals surface area contributed by atoms with Crippen molar-refractivity contribution in [3.05, 3.63) is 11.4 Å². The number of rotatable bonds is 4. The molecule has 24 heavy (non-hydrogen) atoms. The van der Waals surface area contributed by atoms with Gasteiger partial charge < -0.3 is 9.31 Å². The molecule has 0 bridgehead atoms. The summed E-state index contributed by atoms with van der Waals surface area (Å²) in [6, 6.07) is 0. The molecule has 0 N–H and O–H groups in total. The van der Waals surface area contributed by atoms with Crippen LogP contribution in [0.15, 0.2) is 0 Å². The van der Waals surface area contributed by atoms with Gasteiger partial charge in [0.25, 0.3) is 0 Å². The molecule has 1 saturated heterocycles. The van der Waals surface area contributed by atoms with Crippen LogP contribution in [0.3, 0.4) is 0 Å². The summed E-state index contributed by atoms with van der Waals surface area (Å²) in [4.78, 5) is 0. The van der Waals surface area contributed by atoms with Gasteiger partial charge in [0.1, 0.15) is 0 Å². The van der Waals surface area contributed by atoms with Gasteiger partial charge in [0.05, 0.1) is 16.9 Å². The second-order valence-electron chi connectivity index (χ2n) is 8.69. The second kappa shape index (κ2) is 6.49. The van der Waals surface area contributed by atoms with Gasteiger partial charge in [-0.05, 0) is 53.9 Å². The Morgan fingerprint density at radius 1 is 1.04 bits per heavy atom. The van der Waals surface area contributed by atoms with E-state index in [1.165, 1.54) is 44.2 Å². The van der Waals surface area contributed by atoms with Crippen LogP contribution >= 0.6 is 0 Å². The van der Waals surface area contributed by atoms with Crippen LogP contribution in [0, 0.1) is 19.8 Å². The fraction of sp³-hybridized carbons (Fsp3) is 0.842. The third-order valence-electron chi connectivity index (χ3n) is 6.40. The first-order valence-corrected chi connectivity index (χ1v) is 9.61. The highest BCUT2D eigenvalue weighted by Crippen LogP contribution is 2.37. The molecule has 4 nitrogen and oxygen atoms in total. The summed E-state index contributed by atoms with van der Waals surface area (Å²) in [6.45, 7) is 13.6. The number of aromatic nitrogens is 2. The van der Waals surface area contributed by atoms with Crippen LogP contribution in [-0.4, -0.2) is 28.1 Å². The SMILES string of the molecule is Cc1nn(CCC2CCCCC2)c(C)c1B1OC(C)(C)C(C)(C)O1. The lowest BCUT2D eigenvalue weighted by atomic mass is 9.77. The van der Waals surface area contributed by atoms with E-state index < -0.39 is 0 Å². The van der Waals surface area contributed by atoms with E-state index in [1.807, 2.05) is 0 Å². The molecule has 0 radical (unpaired) electrons. The van der Waals surface area contributed by atoms with Crippen LogP contribution in [-0.2, 0) is 15.9 Å². The predicted molar refractivity (Wildman–Crippen MR) is 98.6 cm³/mol. The minimum Gasteiger partial charge on any atom is -0.399 e. The van der Waals surface area contributed by atoms with Gasteiger partial charge in [-0.1, -0.05) is 32.1 Å². The fourth-order valence-corrected chi connectivity index (χ4v) is 4.01. The van der Waals surface area contributed by atoms with E-state index in [-0.39, 0.29) is 18.3 Å². The highest BCUT2D eigenvalue weighted by molar-refractivity contribution is 6.63. The number of nitrogens with zero attached hydrogens (tertiary/aromatic N) is 2. The van der Waals surface area contributed by atoms with E-state index in [0.717, 1.165) is 23.6 Å². The third-order valence-corrected chi connectivity index (χ3v) is 6.40. The molecular formula is C19H33BN2O2. The Bertz CT molecular complexity index is 572. The van der Waals surface area contributed by atoms with E-state index in [1.54, 1.807) is 0 Å². The number of hydrogen-bond acceptors (Lipinski definition) is 3. The summed E-state index contributed by atoms with van der Waals surface area (Å²) in [5.74, 6) is 0.878. The summed E-state index contributed by atoms with van der Waals surface area (Å²) in [6.07, 6.45) is 8.25. The molecule has 5 heteroatoms. The van der Waals surface area contributed by atoms with Crippen LogP contribution in [0.5, 0.6) is 0 Å². The normalized spacial score (nSPS) is 23.8. The van der Waals surface area contributed by atoms with Gasteiger partial charge >= 0.3 is 7.12 Å². The molecule has 1 aromatic heterocycles. The topological polar surface area (TPSA) is 36.3 Å². The summed E-state index contributed by atoms with van der Waals surface area (Å²) in [5.41, 5.74) is 2.75. The van der Waals surface area contributed by atoms with Crippen molar-refractivity contribution in [1.29, 1.82) is 0 Å². The lowest BCUT2D eigenvalue weighted by molar-refractivity contribution is 0.00578. The lowest BCUT2D eigenvalue weighted by Crippen LogP contribution is -2.41. The summed E-state index contributed by atoms with van der Waals surface area (Å²) in [7, 11) is -0.307. The molecule has 0 unspecified atom stereocenters. The first-order chi connectivity index (χ1) is 11.2. The second-order valence-corrected chi connectivity index (χ2v) is 8.69. The van der Waals surface area contributed by atoms with Gasteiger partial charge in [-0.2, -0.15) is 5.10 Å². The molecule has 3 rings (SSSR count). The van der Waals surface area contributed by atoms with E-state index in [0.29, 0.717) is 0 Å². The Kier molecular flexibility index (Phi) is 4.87. The average Bonchev–Trinajstić information content (AvgIpc) is 2.90. The quantitative estimate of drug-likeness (QED) is 0.788. The average molecular weight is 332 g/mol. The molecule has 134 valence electrons. The summed E-state index contributed by atoms with van der Waals surface area (Å²) >= 11 is 0. The lowest BCUT2D eigenvalue weighted by Gasteiger charge is -2.32. The van der Waals surface area contributed by atoms with Gasteiger partial charge in [-0.3, -0.25) is 4.68 Å². The summed E-state index contributed by atoms with van der Waals surface area (Å²) < 4.78 is 14.7. The van der Waals surface area contributed by atoms with Crippen molar-refractivity contribution in [2.24, 2.45) is 5.92 Å². The van der Waals surface area contributed by atoms with E-state index in [4.69, 9.17) is 14.4 Å². The van der Waals surface area contributed by atoms with Crippen molar-refractivity contribution in [1.82, 2.24) is 9.78 Å². The van der Waals surface area contributed by atoms with Crippen LogP contribution in [0.25, 0.3) is 0 Å². The highest BCUT2D eigenvalue weighted by Gasteiger charge is 2.53. The van der Waals surface area contributed by atoms with Gasteiger partial charge in [0.2, 0.25) is 0 Å². The predicted octanol–water partition coefficient (Wildman–Crippen LogP) is 3.77. The molecule has 1 aliphatic carbocycles. The maximum atomic E-state index is 6.24. The fourth-order valence-electron chi connectivity index (χ4n) is 4.01. The molecule has 0 atom stereocenters. The summed E-state index contributed by atoms with van der Waals surface area (Å²) in [5, 5.41) is 4.79. The standard InChI is InChI=1S/C19H33BN2O2/c1-14-17(20-23-18(3,4)19(5,6)24-20)15(2)22(21-14)13-12-16-10-8-7-9-11-16/h16H,7-13H2,1-6H3. The van der Waals surface area contributed by atoms with E-state index in [9.17, 15) is 0 Å². The third kappa shape index (κ3) is 3.30. The van der Waals surface area contributed by atoms with Crippen LogP contribution < -0.4 is 5.46 Å². The molecule has 1 aromatic rings. The van der Waals surface area contributed by atoms with Crippen molar-refractivity contribution < 1.29 is 9.31 Å². The van der Waals surface area contributed by atoms with Crippen molar-refractivity contribution >= 4 is 12.6 Å². The zero-order valence-corrected chi connectivity index (χ0v) is 16.3. The molecule has 0 aromatic carbocycles. The van der Waals surface area contributed by atoms with Gasteiger partial charge in [0.15, 0.2) is 0 Å². The largest absolute Gasteiger partial charge is 0.498 e. The van der Waals surface area contributed by atoms with Crippen LogP contribution in [0.1, 0.15) is 77.6 Å². The Morgan fingerprint density at radius 2 is 1.62 bits per heavy atom. The van der Waals surface area contributed by atoms with Gasteiger partial charge in [-0.15, -0.1) is 0 Å². The Morgan fingerprint density at radius 3 is 2.21 bits per heavy atom. The Labute approximate surface area is 147 Å². The van der Waals surface area contributed by atoms with Gasteiger partial charge in [-0.25, -0.2) is 0 Å². The van der Waals surface area contributed by atoms with Gasteiger partial charge in [0, 0.05) is 17.7 Å². The molecule has 2 heterocycles. The smallest absolute Gasteiger partial charge is 0.399 e. The molecule has 1 aliphatic heterocycles. The van der Waals surface area contributed by atoms with Crippen molar-refractivity contribution in [2.45, 2.75) is 97.8 Å². The zero-order chi connectivity index (χ0) is 17.5. The maximum Gasteiger partial charge on any atom is 0.498 e. The first kappa shape index (κ1) is 18.0. The van der Waals surface area contributed by atoms with Crippen molar-refractivity contribution in [3.8, 4) is 0 Å². The number of hydrogen-bond donors (Lipinski definition) is 0. The minimum atomic E-state index is -0.307. The van der Waals surface area contributed by atoms with Crippen LogP contribution in [0.4, 0.5) is 0 Å². The molecule has 2 fully saturated rings. The van der Waals surface area contributed by atoms with Crippen molar-refractivity contribution in [2.75, 3.05) is 0 Å². The zero-order valence-electron chi connectivity index (χ0n) is 16.3. The molecule has 0 amide bonds. The van der Waals surface area contributed by atoms with Crippen molar-refractivity contribution in [3.63, 3.8) is 0 Å². The molecule has 1 saturated carbocycles. The first-order valence-electron chi connectivity index (χ1n) is 9.61. The molecule has 0 spiro atoms.